The highest BCUT2D eigenvalue weighted by Gasteiger charge is 2.19. The Hall–Kier alpha value is -1.39. The summed E-state index contributed by atoms with van der Waals surface area (Å²) in [6, 6.07) is 8.44. The number of aryl methyl sites for hydroxylation is 1. The number of rotatable bonds is 6. The molecule has 1 aromatic heterocycles. The maximum absolute atomic E-state index is 5.47. The van der Waals surface area contributed by atoms with Crippen LogP contribution in [0.25, 0.3) is 11.0 Å². The molecule has 0 saturated carbocycles. The van der Waals surface area contributed by atoms with Crippen molar-refractivity contribution in [2.24, 2.45) is 5.92 Å². The lowest BCUT2D eigenvalue weighted by Gasteiger charge is -2.20. The Bertz CT molecular complexity index is 587. The van der Waals surface area contributed by atoms with E-state index in [4.69, 9.17) is 9.72 Å². The van der Waals surface area contributed by atoms with Crippen LogP contribution in [-0.4, -0.2) is 41.3 Å². The third-order valence-corrected chi connectivity index (χ3v) is 4.19. The van der Waals surface area contributed by atoms with Crippen LogP contribution in [0.15, 0.2) is 24.3 Å². The molecule has 1 saturated heterocycles. The highest BCUT2D eigenvalue weighted by atomic mass is 16.5. The van der Waals surface area contributed by atoms with E-state index in [1.165, 1.54) is 17.8 Å². The minimum Gasteiger partial charge on any atom is -0.381 e. The molecule has 0 N–H and O–H groups in total. The number of hydrogen-bond acceptors (Lipinski definition) is 3. The normalized spacial score (nSPS) is 18.9. The molecule has 1 aliphatic heterocycles. The van der Waals surface area contributed by atoms with Gasteiger partial charge in [0.1, 0.15) is 5.82 Å². The molecule has 114 valence electrons. The van der Waals surface area contributed by atoms with E-state index in [1.807, 2.05) is 0 Å². The average Bonchev–Trinajstić information content (AvgIpc) is 3.08. The third-order valence-electron chi connectivity index (χ3n) is 4.19. The standard InChI is InChI=1S/C17H25N3O/c1-3-9-20-16-7-5-4-6-15(16)18-17(20)12-19(2)11-14-8-10-21-13-14/h4-7,14H,3,8-13H2,1-2H3/t14-/m1/s1. The van der Waals surface area contributed by atoms with Gasteiger partial charge in [0.15, 0.2) is 0 Å². The fourth-order valence-electron chi connectivity index (χ4n) is 3.19. The zero-order valence-electron chi connectivity index (χ0n) is 13.1. The number of fused-ring (bicyclic) bond motifs is 1. The van der Waals surface area contributed by atoms with Gasteiger partial charge in [0.25, 0.3) is 0 Å². The van der Waals surface area contributed by atoms with E-state index in [2.05, 4.69) is 47.7 Å². The number of aromatic nitrogens is 2. The van der Waals surface area contributed by atoms with Crippen molar-refractivity contribution in [3.8, 4) is 0 Å². The molecule has 0 unspecified atom stereocenters. The van der Waals surface area contributed by atoms with Gasteiger partial charge in [-0.05, 0) is 37.9 Å². The number of nitrogens with zero attached hydrogens (tertiary/aromatic N) is 3. The minimum absolute atomic E-state index is 0.680. The Kier molecular flexibility index (Phi) is 4.56. The lowest BCUT2D eigenvalue weighted by molar-refractivity contribution is 0.172. The summed E-state index contributed by atoms with van der Waals surface area (Å²) < 4.78 is 7.84. The molecule has 21 heavy (non-hydrogen) atoms. The molecule has 1 aromatic carbocycles. The first-order valence-electron chi connectivity index (χ1n) is 7.98. The van der Waals surface area contributed by atoms with Gasteiger partial charge in [0.2, 0.25) is 0 Å². The van der Waals surface area contributed by atoms with Crippen molar-refractivity contribution in [3.05, 3.63) is 30.1 Å². The van der Waals surface area contributed by atoms with Crippen molar-refractivity contribution in [1.82, 2.24) is 14.5 Å². The summed E-state index contributed by atoms with van der Waals surface area (Å²) in [6.45, 7) is 7.09. The van der Waals surface area contributed by atoms with Crippen LogP contribution in [0.5, 0.6) is 0 Å². The number of imidazole rings is 1. The first kappa shape index (κ1) is 14.5. The van der Waals surface area contributed by atoms with E-state index in [-0.39, 0.29) is 0 Å². The van der Waals surface area contributed by atoms with E-state index in [0.29, 0.717) is 5.92 Å². The van der Waals surface area contributed by atoms with E-state index in [9.17, 15) is 0 Å². The predicted molar refractivity (Wildman–Crippen MR) is 85.3 cm³/mol. The molecule has 3 rings (SSSR count). The largest absolute Gasteiger partial charge is 0.381 e. The first-order chi connectivity index (χ1) is 10.3. The summed E-state index contributed by atoms with van der Waals surface area (Å²) in [5.41, 5.74) is 2.37. The van der Waals surface area contributed by atoms with Crippen molar-refractivity contribution in [3.63, 3.8) is 0 Å². The van der Waals surface area contributed by atoms with Crippen LogP contribution in [0.3, 0.4) is 0 Å². The maximum Gasteiger partial charge on any atom is 0.124 e. The smallest absolute Gasteiger partial charge is 0.124 e. The van der Waals surface area contributed by atoms with Crippen molar-refractivity contribution in [2.45, 2.75) is 32.9 Å². The molecule has 4 nitrogen and oxygen atoms in total. The Morgan fingerprint density at radius 1 is 1.38 bits per heavy atom. The summed E-state index contributed by atoms with van der Waals surface area (Å²) in [7, 11) is 2.19. The van der Waals surface area contributed by atoms with Gasteiger partial charge in [-0.1, -0.05) is 19.1 Å². The molecule has 1 atom stereocenters. The van der Waals surface area contributed by atoms with Crippen LogP contribution in [-0.2, 0) is 17.8 Å². The van der Waals surface area contributed by atoms with Gasteiger partial charge in [-0.25, -0.2) is 4.98 Å². The Morgan fingerprint density at radius 2 is 2.24 bits per heavy atom. The molecule has 1 fully saturated rings. The van der Waals surface area contributed by atoms with Crippen molar-refractivity contribution < 1.29 is 4.74 Å². The summed E-state index contributed by atoms with van der Waals surface area (Å²) in [5, 5.41) is 0. The topological polar surface area (TPSA) is 30.3 Å². The second-order valence-electron chi connectivity index (χ2n) is 6.09. The second-order valence-corrected chi connectivity index (χ2v) is 6.09. The molecule has 2 aromatic rings. The summed E-state index contributed by atoms with van der Waals surface area (Å²) in [6.07, 6.45) is 2.32. The second kappa shape index (κ2) is 6.58. The van der Waals surface area contributed by atoms with Gasteiger partial charge in [-0.3, -0.25) is 4.90 Å². The molecule has 0 bridgehead atoms. The Balaban J connectivity index is 1.76. The molecule has 4 heteroatoms. The quantitative estimate of drug-likeness (QED) is 0.818. The number of benzene rings is 1. The molecule has 0 radical (unpaired) electrons. The highest BCUT2D eigenvalue weighted by Crippen LogP contribution is 2.19. The molecule has 0 spiro atoms. The fraction of sp³-hybridized carbons (Fsp3) is 0.588. The summed E-state index contributed by atoms with van der Waals surface area (Å²) in [4.78, 5) is 7.22. The monoisotopic (exact) mass is 287 g/mol. The van der Waals surface area contributed by atoms with Crippen LogP contribution in [0.2, 0.25) is 0 Å². The Labute approximate surface area is 126 Å². The predicted octanol–water partition coefficient (Wildman–Crippen LogP) is 2.91. The van der Waals surface area contributed by atoms with Crippen LogP contribution in [0.4, 0.5) is 0 Å². The lowest BCUT2D eigenvalue weighted by Crippen LogP contribution is -2.27. The molecule has 0 amide bonds. The molecular formula is C17H25N3O. The molecule has 0 aliphatic carbocycles. The van der Waals surface area contributed by atoms with Crippen LogP contribution >= 0.6 is 0 Å². The van der Waals surface area contributed by atoms with E-state index < -0.39 is 0 Å². The van der Waals surface area contributed by atoms with Crippen molar-refractivity contribution in [2.75, 3.05) is 26.8 Å². The van der Waals surface area contributed by atoms with Gasteiger partial charge in [0, 0.05) is 19.7 Å². The Morgan fingerprint density at radius 3 is 3.00 bits per heavy atom. The minimum atomic E-state index is 0.680. The lowest BCUT2D eigenvalue weighted by atomic mass is 10.1. The number of ether oxygens (including phenoxy) is 1. The van der Waals surface area contributed by atoms with E-state index in [0.717, 1.165) is 44.8 Å². The van der Waals surface area contributed by atoms with Crippen LogP contribution in [0, 0.1) is 5.92 Å². The zero-order valence-corrected chi connectivity index (χ0v) is 13.1. The van der Waals surface area contributed by atoms with Gasteiger partial charge in [0.05, 0.1) is 24.2 Å². The van der Waals surface area contributed by atoms with E-state index in [1.54, 1.807) is 0 Å². The third kappa shape index (κ3) is 3.27. The zero-order chi connectivity index (χ0) is 14.7. The van der Waals surface area contributed by atoms with Gasteiger partial charge in [-0.2, -0.15) is 0 Å². The molecule has 2 heterocycles. The van der Waals surface area contributed by atoms with E-state index >= 15 is 0 Å². The first-order valence-corrected chi connectivity index (χ1v) is 7.98. The molecule has 1 aliphatic rings. The van der Waals surface area contributed by atoms with Gasteiger partial charge < -0.3 is 9.30 Å². The number of hydrogen-bond donors (Lipinski definition) is 0. The highest BCUT2D eigenvalue weighted by molar-refractivity contribution is 5.75. The van der Waals surface area contributed by atoms with Gasteiger partial charge in [-0.15, -0.1) is 0 Å². The van der Waals surface area contributed by atoms with Crippen molar-refractivity contribution in [1.29, 1.82) is 0 Å². The fourth-order valence-corrected chi connectivity index (χ4v) is 3.19. The number of para-hydroxylation sites is 2. The summed E-state index contributed by atoms with van der Waals surface area (Å²) >= 11 is 0. The SMILES string of the molecule is CCCn1c(CN(C)C[C@H]2CCOC2)nc2ccccc21. The maximum atomic E-state index is 5.47. The summed E-state index contributed by atoms with van der Waals surface area (Å²) in [5.74, 6) is 1.86. The van der Waals surface area contributed by atoms with Gasteiger partial charge >= 0.3 is 0 Å². The molecular weight excluding hydrogens is 262 g/mol. The average molecular weight is 287 g/mol. The van der Waals surface area contributed by atoms with Crippen molar-refractivity contribution >= 4 is 11.0 Å². The van der Waals surface area contributed by atoms with Crippen LogP contribution < -0.4 is 0 Å². The van der Waals surface area contributed by atoms with Crippen LogP contribution in [0.1, 0.15) is 25.6 Å².